The first-order chi connectivity index (χ1) is 7.24. The van der Waals surface area contributed by atoms with Gasteiger partial charge in [0, 0.05) is 5.92 Å². The average molecular weight is 206 g/mol. The number of hydrogen-bond acceptors (Lipinski definition) is 3. The Morgan fingerprint density at radius 1 is 1.33 bits per heavy atom. The van der Waals surface area contributed by atoms with Crippen LogP contribution < -0.4 is 0 Å². The first-order valence-electron chi connectivity index (χ1n) is 6.26. The van der Waals surface area contributed by atoms with Crippen molar-refractivity contribution in [2.75, 3.05) is 6.54 Å². The van der Waals surface area contributed by atoms with E-state index in [-0.39, 0.29) is 0 Å². The highest BCUT2D eigenvalue weighted by molar-refractivity contribution is 5.80. The first kappa shape index (κ1) is 8.43. The zero-order valence-electron chi connectivity index (χ0n) is 9.39. The van der Waals surface area contributed by atoms with Crippen LogP contribution >= 0.6 is 0 Å². The zero-order valence-corrected chi connectivity index (χ0v) is 9.39. The molecule has 3 fully saturated rings. The molecule has 0 spiro atoms. The van der Waals surface area contributed by atoms with E-state index in [1.807, 2.05) is 0 Å². The van der Waals surface area contributed by atoms with Gasteiger partial charge >= 0.3 is 0 Å². The van der Waals surface area contributed by atoms with Crippen LogP contribution in [-0.2, 0) is 4.74 Å². The van der Waals surface area contributed by atoms with Gasteiger partial charge in [0.1, 0.15) is 0 Å². The van der Waals surface area contributed by atoms with Crippen LogP contribution in [-0.4, -0.2) is 23.7 Å². The minimum absolute atomic E-state index is 0.324. The van der Waals surface area contributed by atoms with Crippen LogP contribution in [0.2, 0.25) is 0 Å². The molecule has 6 atom stereocenters. The summed E-state index contributed by atoms with van der Waals surface area (Å²) in [7, 11) is 0. The summed E-state index contributed by atoms with van der Waals surface area (Å²) in [6.45, 7) is 5.84. The molecule has 6 unspecified atom stereocenters. The third kappa shape index (κ3) is 1.09. The van der Waals surface area contributed by atoms with Crippen LogP contribution in [0.15, 0.2) is 5.10 Å². The molecular weight excluding hydrogens is 188 g/mol. The fraction of sp³-hybridized carbons (Fsp3) is 0.917. The van der Waals surface area contributed by atoms with Crippen molar-refractivity contribution in [3.05, 3.63) is 0 Å². The van der Waals surface area contributed by atoms with Gasteiger partial charge in [0.25, 0.3) is 0 Å². The summed E-state index contributed by atoms with van der Waals surface area (Å²) in [6.07, 6.45) is 2.95. The molecule has 0 aromatic carbocycles. The molecule has 2 aliphatic carbocycles. The summed E-state index contributed by atoms with van der Waals surface area (Å²) >= 11 is 0. The molecule has 2 saturated carbocycles. The minimum atomic E-state index is 0.324. The molecule has 0 aromatic rings. The Morgan fingerprint density at radius 2 is 2.20 bits per heavy atom. The van der Waals surface area contributed by atoms with E-state index in [0.29, 0.717) is 12.1 Å². The van der Waals surface area contributed by atoms with Gasteiger partial charge in [0.05, 0.1) is 6.54 Å². The predicted octanol–water partition coefficient (Wildman–Crippen LogP) is 1.90. The zero-order chi connectivity index (χ0) is 10.2. The monoisotopic (exact) mass is 206 g/mol. The summed E-state index contributed by atoms with van der Waals surface area (Å²) < 4.78 is 5.80. The number of hydrazone groups is 1. The van der Waals surface area contributed by atoms with Crippen molar-refractivity contribution in [2.24, 2.45) is 34.7 Å². The average Bonchev–Trinajstić information content (AvgIpc) is 3.06. The van der Waals surface area contributed by atoms with Crippen molar-refractivity contribution < 1.29 is 4.74 Å². The third-order valence-electron chi connectivity index (χ3n) is 4.88. The first-order valence-corrected chi connectivity index (χ1v) is 6.26. The van der Waals surface area contributed by atoms with Crippen LogP contribution in [0.4, 0.5) is 0 Å². The van der Waals surface area contributed by atoms with E-state index in [4.69, 9.17) is 4.74 Å². The Morgan fingerprint density at radius 3 is 2.87 bits per heavy atom. The lowest BCUT2D eigenvalue weighted by molar-refractivity contribution is 0.228. The van der Waals surface area contributed by atoms with E-state index in [1.165, 1.54) is 12.8 Å². The second kappa shape index (κ2) is 2.50. The Hall–Kier alpha value is -0.730. The summed E-state index contributed by atoms with van der Waals surface area (Å²) in [6, 6.07) is 0. The molecule has 0 N–H and O–H groups in total. The quantitative estimate of drug-likeness (QED) is 0.612. The van der Waals surface area contributed by atoms with E-state index in [9.17, 15) is 0 Å². The molecule has 0 aromatic heterocycles. The van der Waals surface area contributed by atoms with Gasteiger partial charge in [0.15, 0.2) is 0 Å². The Balaban J connectivity index is 1.52. The standard InChI is InChI=1S/C12H18N2O/c1-6-3-8(4-9-7(2)11(6)9)12-13-14-5-10(14)15-12/h6-11H,3-5H2,1-2H3. The van der Waals surface area contributed by atoms with Gasteiger partial charge in [-0.3, -0.25) is 0 Å². The van der Waals surface area contributed by atoms with Gasteiger partial charge in [-0.05, 0) is 36.5 Å². The summed E-state index contributed by atoms with van der Waals surface area (Å²) in [4.78, 5) is 0. The highest BCUT2D eigenvalue weighted by Crippen LogP contribution is 2.59. The second-order valence-corrected chi connectivity index (χ2v) is 5.88. The predicted molar refractivity (Wildman–Crippen MR) is 57.0 cm³/mol. The summed E-state index contributed by atoms with van der Waals surface area (Å²) in [5, 5.41) is 6.58. The van der Waals surface area contributed by atoms with Crippen LogP contribution in [0.25, 0.3) is 0 Å². The van der Waals surface area contributed by atoms with Crippen molar-refractivity contribution in [2.45, 2.75) is 32.9 Å². The van der Waals surface area contributed by atoms with Crippen molar-refractivity contribution in [3.63, 3.8) is 0 Å². The van der Waals surface area contributed by atoms with Crippen LogP contribution in [0.1, 0.15) is 26.7 Å². The molecule has 15 heavy (non-hydrogen) atoms. The number of rotatable bonds is 1. The molecule has 2 heterocycles. The van der Waals surface area contributed by atoms with E-state index in [1.54, 1.807) is 0 Å². The largest absolute Gasteiger partial charge is 0.452 e. The molecule has 3 nitrogen and oxygen atoms in total. The maximum atomic E-state index is 5.80. The van der Waals surface area contributed by atoms with Crippen molar-refractivity contribution in [1.82, 2.24) is 5.01 Å². The fourth-order valence-corrected chi connectivity index (χ4v) is 3.91. The Bertz CT molecular complexity index is 333. The lowest BCUT2D eigenvalue weighted by atomic mass is 9.82. The number of nitrogens with zero attached hydrogens (tertiary/aromatic N) is 2. The lowest BCUT2D eigenvalue weighted by Crippen LogP contribution is -2.24. The van der Waals surface area contributed by atoms with Gasteiger partial charge in [-0.25, -0.2) is 5.01 Å². The van der Waals surface area contributed by atoms with Gasteiger partial charge < -0.3 is 4.74 Å². The molecule has 82 valence electrons. The SMILES string of the molecule is CC1CC(C2=NN3CC3O2)CC2C(C)C12. The van der Waals surface area contributed by atoms with Crippen molar-refractivity contribution in [3.8, 4) is 0 Å². The maximum absolute atomic E-state index is 5.80. The topological polar surface area (TPSA) is 24.6 Å². The van der Waals surface area contributed by atoms with E-state index in [0.717, 1.165) is 36.1 Å². The van der Waals surface area contributed by atoms with E-state index >= 15 is 0 Å². The number of ether oxygens (including phenoxy) is 1. The summed E-state index contributed by atoms with van der Waals surface area (Å²) in [5.41, 5.74) is 0. The Kier molecular flexibility index (Phi) is 1.40. The van der Waals surface area contributed by atoms with Gasteiger partial charge in [-0.1, -0.05) is 13.8 Å². The third-order valence-corrected chi connectivity index (χ3v) is 4.88. The molecule has 1 saturated heterocycles. The van der Waals surface area contributed by atoms with E-state index < -0.39 is 0 Å². The molecule has 2 aliphatic heterocycles. The van der Waals surface area contributed by atoms with Gasteiger partial charge in [-0.2, -0.15) is 0 Å². The van der Waals surface area contributed by atoms with Crippen LogP contribution in [0, 0.1) is 29.6 Å². The van der Waals surface area contributed by atoms with E-state index in [2.05, 4.69) is 24.0 Å². The molecule has 0 radical (unpaired) electrons. The Labute approximate surface area is 90.5 Å². The van der Waals surface area contributed by atoms with Crippen LogP contribution in [0.3, 0.4) is 0 Å². The molecule has 4 aliphatic rings. The molecule has 0 bridgehead atoms. The lowest BCUT2D eigenvalue weighted by Gasteiger charge is -2.25. The normalized spacial score (nSPS) is 55.3. The highest BCUT2D eigenvalue weighted by Gasteiger charge is 2.55. The van der Waals surface area contributed by atoms with Crippen molar-refractivity contribution in [1.29, 1.82) is 0 Å². The summed E-state index contributed by atoms with van der Waals surface area (Å²) in [5.74, 6) is 5.49. The fourth-order valence-electron chi connectivity index (χ4n) is 3.91. The minimum Gasteiger partial charge on any atom is -0.452 e. The second-order valence-electron chi connectivity index (χ2n) is 5.88. The van der Waals surface area contributed by atoms with Gasteiger partial charge in [0.2, 0.25) is 12.1 Å². The molecule has 3 heteroatoms. The highest BCUT2D eigenvalue weighted by atomic mass is 16.6. The number of hydrogen-bond donors (Lipinski definition) is 0. The maximum Gasteiger partial charge on any atom is 0.211 e. The molecule has 4 rings (SSSR count). The molecule has 0 amide bonds. The smallest absolute Gasteiger partial charge is 0.211 e. The number of fused-ring (bicyclic) bond motifs is 2. The van der Waals surface area contributed by atoms with Gasteiger partial charge in [-0.15, -0.1) is 5.10 Å². The molecular formula is C12H18N2O. The van der Waals surface area contributed by atoms with Crippen molar-refractivity contribution >= 4 is 5.90 Å². The van der Waals surface area contributed by atoms with Crippen LogP contribution in [0.5, 0.6) is 0 Å².